The molecule has 1 unspecified atom stereocenters. The van der Waals surface area contributed by atoms with E-state index in [2.05, 4.69) is 29.0 Å². The molecule has 0 bridgehead atoms. The molecular formula is C22H31N5O3S. The van der Waals surface area contributed by atoms with Crippen LogP contribution in [0.15, 0.2) is 35.2 Å². The van der Waals surface area contributed by atoms with Gasteiger partial charge in [0.2, 0.25) is 0 Å². The molecule has 0 radical (unpaired) electrons. The molecule has 1 atom stereocenters. The van der Waals surface area contributed by atoms with Crippen molar-refractivity contribution in [3.63, 3.8) is 0 Å². The van der Waals surface area contributed by atoms with Crippen LogP contribution in [-0.4, -0.2) is 61.8 Å². The molecule has 9 heteroatoms. The SMILES string of the molecule is Cc1cc(N2CCN(C(=O)NC(C)c3ccc(S(C)(=O)=O)cc3)CC2)nc(C(C)C)n1. The van der Waals surface area contributed by atoms with Crippen molar-refractivity contribution in [3.05, 3.63) is 47.4 Å². The van der Waals surface area contributed by atoms with Crippen LogP contribution in [0.4, 0.5) is 10.6 Å². The number of amides is 2. The lowest BCUT2D eigenvalue weighted by Crippen LogP contribution is -2.52. The number of nitrogens with zero attached hydrogens (tertiary/aromatic N) is 4. The third-order valence-corrected chi connectivity index (χ3v) is 6.54. The van der Waals surface area contributed by atoms with Crippen molar-refractivity contribution in [2.45, 2.75) is 44.6 Å². The van der Waals surface area contributed by atoms with E-state index in [9.17, 15) is 13.2 Å². The van der Waals surface area contributed by atoms with Gasteiger partial charge in [-0.1, -0.05) is 26.0 Å². The number of sulfone groups is 1. The number of aromatic nitrogens is 2. The summed E-state index contributed by atoms with van der Waals surface area (Å²) in [6, 6.07) is 8.26. The molecule has 1 aromatic heterocycles. The molecule has 1 saturated heterocycles. The highest BCUT2D eigenvalue weighted by atomic mass is 32.2. The maximum Gasteiger partial charge on any atom is 0.317 e. The van der Waals surface area contributed by atoms with Gasteiger partial charge in [-0.25, -0.2) is 23.2 Å². The maximum absolute atomic E-state index is 12.7. The molecule has 2 heterocycles. The lowest BCUT2D eigenvalue weighted by atomic mass is 10.1. The van der Waals surface area contributed by atoms with Gasteiger partial charge in [-0.2, -0.15) is 0 Å². The molecule has 8 nitrogen and oxygen atoms in total. The van der Waals surface area contributed by atoms with E-state index in [0.717, 1.165) is 22.9 Å². The summed E-state index contributed by atoms with van der Waals surface area (Å²) in [6.07, 6.45) is 1.18. The van der Waals surface area contributed by atoms with Gasteiger partial charge in [0.1, 0.15) is 11.6 Å². The van der Waals surface area contributed by atoms with Crippen LogP contribution in [-0.2, 0) is 9.84 Å². The zero-order valence-electron chi connectivity index (χ0n) is 18.8. The molecule has 1 fully saturated rings. The van der Waals surface area contributed by atoms with Crippen molar-refractivity contribution < 1.29 is 13.2 Å². The molecule has 168 valence electrons. The second kappa shape index (κ2) is 9.21. The first-order valence-corrected chi connectivity index (χ1v) is 12.4. The van der Waals surface area contributed by atoms with Gasteiger partial charge in [0, 0.05) is 50.1 Å². The quantitative estimate of drug-likeness (QED) is 0.760. The third-order valence-electron chi connectivity index (χ3n) is 5.41. The summed E-state index contributed by atoms with van der Waals surface area (Å²) in [6.45, 7) is 10.6. The first-order valence-electron chi connectivity index (χ1n) is 10.5. The minimum atomic E-state index is -3.23. The van der Waals surface area contributed by atoms with Crippen LogP contribution in [0, 0.1) is 6.92 Å². The topological polar surface area (TPSA) is 95.5 Å². The molecule has 0 saturated carbocycles. The van der Waals surface area contributed by atoms with Gasteiger partial charge in [0.25, 0.3) is 0 Å². The van der Waals surface area contributed by atoms with Gasteiger partial charge in [-0.3, -0.25) is 0 Å². The Morgan fingerprint density at radius 2 is 1.65 bits per heavy atom. The maximum atomic E-state index is 12.7. The van der Waals surface area contributed by atoms with Crippen LogP contribution in [0.25, 0.3) is 0 Å². The Labute approximate surface area is 184 Å². The summed E-state index contributed by atoms with van der Waals surface area (Å²) in [5.74, 6) is 2.01. The van der Waals surface area contributed by atoms with E-state index < -0.39 is 9.84 Å². The lowest BCUT2D eigenvalue weighted by Gasteiger charge is -2.36. The molecule has 1 aliphatic heterocycles. The van der Waals surface area contributed by atoms with Crippen LogP contribution in [0.5, 0.6) is 0 Å². The number of nitrogens with one attached hydrogen (secondary N) is 1. The Morgan fingerprint density at radius 3 is 2.19 bits per heavy atom. The normalized spacial score (nSPS) is 15.8. The Balaban J connectivity index is 1.58. The lowest BCUT2D eigenvalue weighted by molar-refractivity contribution is 0.191. The molecule has 0 spiro atoms. The van der Waals surface area contributed by atoms with Crippen molar-refractivity contribution in [2.75, 3.05) is 37.3 Å². The fourth-order valence-corrected chi connectivity index (χ4v) is 4.13. The third kappa shape index (κ3) is 5.72. The van der Waals surface area contributed by atoms with Gasteiger partial charge in [-0.05, 0) is 31.5 Å². The Morgan fingerprint density at radius 1 is 1.03 bits per heavy atom. The first-order chi connectivity index (χ1) is 14.5. The summed E-state index contributed by atoms with van der Waals surface area (Å²) in [5, 5.41) is 3.01. The van der Waals surface area contributed by atoms with Crippen molar-refractivity contribution in [3.8, 4) is 0 Å². The van der Waals surface area contributed by atoms with Gasteiger partial charge < -0.3 is 15.1 Å². The Hall–Kier alpha value is -2.68. The second-order valence-corrected chi connectivity index (χ2v) is 10.4. The minimum absolute atomic E-state index is 0.124. The smallest absolute Gasteiger partial charge is 0.317 e. The van der Waals surface area contributed by atoms with E-state index in [0.29, 0.717) is 26.2 Å². The molecule has 0 aliphatic carbocycles. The number of hydrogen-bond acceptors (Lipinski definition) is 6. The monoisotopic (exact) mass is 445 g/mol. The van der Waals surface area contributed by atoms with Crippen molar-refractivity contribution in [1.82, 2.24) is 20.2 Å². The fraction of sp³-hybridized carbons (Fsp3) is 0.500. The summed E-state index contributed by atoms with van der Waals surface area (Å²) >= 11 is 0. The Bertz CT molecular complexity index is 1030. The molecule has 2 aromatic rings. The summed E-state index contributed by atoms with van der Waals surface area (Å²) in [4.78, 5) is 26.2. The molecule has 3 rings (SSSR count). The van der Waals surface area contributed by atoms with E-state index >= 15 is 0 Å². The van der Waals surface area contributed by atoms with E-state index in [1.807, 2.05) is 19.9 Å². The summed E-state index contributed by atoms with van der Waals surface area (Å²) < 4.78 is 23.2. The second-order valence-electron chi connectivity index (χ2n) is 8.37. The first kappa shape index (κ1) is 23.0. The zero-order chi connectivity index (χ0) is 22.8. The molecule has 1 aromatic carbocycles. The number of rotatable bonds is 5. The van der Waals surface area contributed by atoms with Crippen molar-refractivity contribution in [1.29, 1.82) is 0 Å². The van der Waals surface area contributed by atoms with Crippen molar-refractivity contribution >= 4 is 21.7 Å². The predicted molar refractivity (Wildman–Crippen MR) is 121 cm³/mol. The Kier molecular flexibility index (Phi) is 6.83. The standard InChI is InChI=1S/C22H31N5O3S/c1-15(2)21-23-16(3)14-20(25-21)26-10-12-27(13-11-26)22(28)24-17(4)18-6-8-19(9-7-18)31(5,29)30/h6-9,14-15,17H,10-13H2,1-5H3,(H,24,28). The molecular weight excluding hydrogens is 414 g/mol. The van der Waals surface area contributed by atoms with Gasteiger partial charge in [-0.15, -0.1) is 0 Å². The average molecular weight is 446 g/mol. The minimum Gasteiger partial charge on any atom is -0.353 e. The van der Waals surface area contributed by atoms with E-state index in [4.69, 9.17) is 4.98 Å². The number of carbonyl (C=O) groups excluding carboxylic acids is 1. The van der Waals surface area contributed by atoms with E-state index in [-0.39, 0.29) is 22.9 Å². The van der Waals surface area contributed by atoms with Gasteiger partial charge in [0.05, 0.1) is 10.9 Å². The number of piperazine rings is 1. The number of carbonyl (C=O) groups is 1. The van der Waals surface area contributed by atoms with E-state index in [1.54, 1.807) is 29.2 Å². The fourth-order valence-electron chi connectivity index (χ4n) is 3.50. The number of aryl methyl sites for hydroxylation is 1. The molecule has 2 amide bonds. The van der Waals surface area contributed by atoms with Gasteiger partial charge in [0.15, 0.2) is 9.84 Å². The van der Waals surface area contributed by atoms with Gasteiger partial charge >= 0.3 is 6.03 Å². The van der Waals surface area contributed by atoms with Crippen LogP contribution in [0.3, 0.4) is 0 Å². The average Bonchev–Trinajstić information content (AvgIpc) is 2.72. The number of anilines is 1. The highest BCUT2D eigenvalue weighted by molar-refractivity contribution is 7.90. The highest BCUT2D eigenvalue weighted by Gasteiger charge is 2.24. The largest absolute Gasteiger partial charge is 0.353 e. The number of benzene rings is 1. The van der Waals surface area contributed by atoms with E-state index in [1.165, 1.54) is 6.26 Å². The van der Waals surface area contributed by atoms with Crippen LogP contribution in [0.2, 0.25) is 0 Å². The molecule has 1 N–H and O–H groups in total. The van der Waals surface area contributed by atoms with Crippen LogP contribution < -0.4 is 10.2 Å². The van der Waals surface area contributed by atoms with Crippen molar-refractivity contribution in [2.24, 2.45) is 0 Å². The summed E-state index contributed by atoms with van der Waals surface area (Å²) in [7, 11) is -3.23. The molecule has 1 aliphatic rings. The zero-order valence-corrected chi connectivity index (χ0v) is 19.6. The highest BCUT2D eigenvalue weighted by Crippen LogP contribution is 2.20. The predicted octanol–water partition coefficient (Wildman–Crippen LogP) is 2.90. The number of urea groups is 1. The number of hydrogen-bond donors (Lipinski definition) is 1. The molecule has 31 heavy (non-hydrogen) atoms. The van der Waals surface area contributed by atoms with Crippen LogP contribution >= 0.6 is 0 Å². The van der Waals surface area contributed by atoms with Crippen LogP contribution in [0.1, 0.15) is 49.8 Å². The summed E-state index contributed by atoms with van der Waals surface area (Å²) in [5.41, 5.74) is 1.81.